The number of hydrogen-bond acceptors (Lipinski definition) is 2. The molecule has 0 atom stereocenters. The Kier molecular flexibility index (Phi) is 4.78. The molecule has 0 aliphatic heterocycles. The minimum absolute atomic E-state index is 0.702. The number of benzene rings is 3. The maximum absolute atomic E-state index is 6.34. The molecule has 4 aromatic rings. The topological polar surface area (TPSA) is 22.1 Å². The van der Waals surface area contributed by atoms with Crippen LogP contribution in [0.3, 0.4) is 0 Å². The summed E-state index contributed by atoms with van der Waals surface area (Å²) in [6.07, 6.45) is 1.77. The molecule has 0 bridgehead atoms. The van der Waals surface area contributed by atoms with Crippen molar-refractivity contribution < 1.29 is 4.74 Å². The van der Waals surface area contributed by atoms with Crippen molar-refractivity contribution in [3.8, 4) is 11.5 Å². The zero-order chi connectivity index (χ0) is 18.8. The summed E-state index contributed by atoms with van der Waals surface area (Å²) in [4.78, 5) is 4.43. The molecular weight excluding hydrogens is 353 g/mol. The normalized spacial score (nSPS) is 10.7. The molecule has 0 saturated heterocycles. The molecule has 0 aliphatic carbocycles. The van der Waals surface area contributed by atoms with E-state index in [-0.39, 0.29) is 0 Å². The Morgan fingerprint density at radius 3 is 2.56 bits per heavy atom. The van der Waals surface area contributed by atoms with E-state index in [0.717, 1.165) is 44.6 Å². The number of pyridine rings is 1. The second kappa shape index (κ2) is 7.38. The number of nitrogens with zero attached hydrogens (tertiary/aromatic N) is 1. The van der Waals surface area contributed by atoms with Crippen LogP contribution < -0.4 is 4.74 Å². The van der Waals surface area contributed by atoms with E-state index in [4.69, 9.17) is 16.3 Å². The minimum atomic E-state index is 0.702. The van der Waals surface area contributed by atoms with Crippen molar-refractivity contribution >= 4 is 35.5 Å². The quantitative estimate of drug-likeness (QED) is 0.446. The van der Waals surface area contributed by atoms with Crippen LogP contribution in [0.4, 0.5) is 0 Å². The molecule has 1 aromatic heterocycles. The Hall–Kier alpha value is -2.91. The maximum atomic E-state index is 6.34. The van der Waals surface area contributed by atoms with Crippen molar-refractivity contribution in [2.24, 2.45) is 0 Å². The monoisotopic (exact) mass is 369 g/mol. The van der Waals surface area contributed by atoms with Gasteiger partial charge in [0.15, 0.2) is 0 Å². The molecule has 0 spiro atoms. The average Bonchev–Trinajstić information content (AvgIpc) is 2.70. The van der Waals surface area contributed by atoms with Gasteiger partial charge in [-0.25, -0.2) is 0 Å². The van der Waals surface area contributed by atoms with Crippen LogP contribution in [0.15, 0.2) is 79.0 Å². The van der Waals surface area contributed by atoms with Crippen LogP contribution in [-0.4, -0.2) is 17.9 Å². The first kappa shape index (κ1) is 17.5. The summed E-state index contributed by atoms with van der Waals surface area (Å²) in [5, 5.41) is 1.75. The Morgan fingerprint density at radius 1 is 0.963 bits per heavy atom. The van der Waals surface area contributed by atoms with Crippen LogP contribution in [0, 0.1) is 6.92 Å². The first-order valence-corrected chi connectivity index (χ1v) is 9.07. The molecule has 4 heteroatoms. The molecule has 0 aliphatic rings. The fourth-order valence-electron chi connectivity index (χ4n) is 3.04. The number of halogens is 1. The van der Waals surface area contributed by atoms with Crippen molar-refractivity contribution in [2.75, 3.05) is 0 Å². The fourth-order valence-corrected chi connectivity index (χ4v) is 3.27. The first-order chi connectivity index (χ1) is 13.1. The summed E-state index contributed by atoms with van der Waals surface area (Å²) in [7, 11) is 4.22. The van der Waals surface area contributed by atoms with Gasteiger partial charge in [0.2, 0.25) is 0 Å². The number of aromatic nitrogens is 1. The van der Waals surface area contributed by atoms with Gasteiger partial charge < -0.3 is 0 Å². The molecule has 0 fully saturated rings. The van der Waals surface area contributed by atoms with Gasteiger partial charge in [-0.3, -0.25) is 0 Å². The van der Waals surface area contributed by atoms with Crippen LogP contribution in [0.2, 0.25) is 5.02 Å². The van der Waals surface area contributed by atoms with Crippen molar-refractivity contribution in [1.29, 1.82) is 0 Å². The van der Waals surface area contributed by atoms with Crippen LogP contribution >= 0.6 is 11.6 Å². The Bertz CT molecular complexity index is 1130. The van der Waals surface area contributed by atoms with Crippen molar-refractivity contribution in [2.45, 2.75) is 6.92 Å². The molecule has 130 valence electrons. The molecule has 0 radical (unpaired) electrons. The zero-order valence-corrected chi connectivity index (χ0v) is 15.7. The van der Waals surface area contributed by atoms with Gasteiger partial charge in [-0.2, -0.15) is 0 Å². The van der Waals surface area contributed by atoms with E-state index < -0.39 is 0 Å². The van der Waals surface area contributed by atoms with Gasteiger partial charge in [-0.15, -0.1) is 0 Å². The van der Waals surface area contributed by atoms with Crippen LogP contribution in [0.5, 0.6) is 11.5 Å². The SMILES string of the molecule is B=C(c1ccc(Oc2cccc3cccnc23)cc1)c1cc(C)ccc1Cl. The fraction of sp³-hybridized carbons (Fsp3) is 0.0435. The predicted octanol–water partition coefficient (Wildman–Crippen LogP) is 5.46. The van der Waals surface area contributed by atoms with Gasteiger partial charge in [-0.05, 0) is 0 Å². The Balaban J connectivity index is 1.60. The summed E-state index contributed by atoms with van der Waals surface area (Å²) >= 11 is 6.34. The van der Waals surface area contributed by atoms with Gasteiger partial charge in [0.1, 0.15) is 0 Å². The molecule has 0 unspecified atom stereocenters. The van der Waals surface area contributed by atoms with E-state index >= 15 is 0 Å². The molecule has 3 aromatic carbocycles. The average molecular weight is 370 g/mol. The summed E-state index contributed by atoms with van der Waals surface area (Å²) in [5.74, 6) is 1.49. The zero-order valence-electron chi connectivity index (χ0n) is 14.9. The van der Waals surface area contributed by atoms with E-state index in [2.05, 4.69) is 18.5 Å². The third-order valence-corrected chi connectivity index (χ3v) is 4.80. The van der Waals surface area contributed by atoms with Crippen LogP contribution in [0.1, 0.15) is 16.7 Å². The summed E-state index contributed by atoms with van der Waals surface area (Å²) < 4.78 is 6.06. The Morgan fingerprint density at radius 2 is 1.74 bits per heavy atom. The molecular formula is C23H17BClNO. The number of hydrogen-bond donors (Lipinski definition) is 0. The summed E-state index contributed by atoms with van der Waals surface area (Å²) in [5.41, 5.74) is 4.84. The van der Waals surface area contributed by atoms with E-state index in [1.54, 1.807) is 6.20 Å². The van der Waals surface area contributed by atoms with Gasteiger partial charge in [0, 0.05) is 0 Å². The predicted molar refractivity (Wildman–Crippen MR) is 115 cm³/mol. The first-order valence-electron chi connectivity index (χ1n) is 8.69. The van der Waals surface area contributed by atoms with E-state index in [9.17, 15) is 0 Å². The van der Waals surface area contributed by atoms with Crippen molar-refractivity contribution in [1.82, 2.24) is 4.98 Å². The molecule has 0 N–H and O–H groups in total. The second-order valence-electron chi connectivity index (χ2n) is 6.42. The van der Waals surface area contributed by atoms with Crippen molar-refractivity contribution in [3.63, 3.8) is 0 Å². The van der Waals surface area contributed by atoms with E-state index in [1.165, 1.54) is 0 Å². The van der Waals surface area contributed by atoms with Crippen molar-refractivity contribution in [3.05, 3.63) is 101 Å². The number of aryl methyl sites for hydroxylation is 1. The number of ether oxygens (including phenoxy) is 1. The van der Waals surface area contributed by atoms with Gasteiger partial charge in [-0.1, -0.05) is 0 Å². The third-order valence-electron chi connectivity index (χ3n) is 4.47. The van der Waals surface area contributed by atoms with Crippen LogP contribution in [-0.2, 0) is 0 Å². The van der Waals surface area contributed by atoms with Gasteiger partial charge in [0.05, 0.1) is 0 Å². The van der Waals surface area contributed by atoms with E-state index in [0.29, 0.717) is 5.02 Å². The number of para-hydroxylation sites is 1. The second-order valence-corrected chi connectivity index (χ2v) is 6.83. The van der Waals surface area contributed by atoms with Crippen LogP contribution in [0.25, 0.3) is 10.9 Å². The molecule has 27 heavy (non-hydrogen) atoms. The van der Waals surface area contributed by atoms with Gasteiger partial charge >= 0.3 is 164 Å². The molecule has 0 amide bonds. The third kappa shape index (κ3) is 3.65. The molecule has 0 saturated carbocycles. The number of fused-ring (bicyclic) bond motifs is 1. The van der Waals surface area contributed by atoms with Gasteiger partial charge in [0.25, 0.3) is 0 Å². The molecule has 2 nitrogen and oxygen atoms in total. The number of rotatable bonds is 4. The summed E-state index contributed by atoms with van der Waals surface area (Å²) in [6.45, 7) is 2.04. The molecule has 4 rings (SSSR count). The summed E-state index contributed by atoms with van der Waals surface area (Å²) in [6, 6.07) is 23.7. The Labute approximate surface area is 164 Å². The van der Waals surface area contributed by atoms with E-state index in [1.807, 2.05) is 73.7 Å². The standard InChI is InChI=1S/C23H17BClNO/c1-15-7-12-20(25)19(14-15)22(24)16-8-10-18(11-9-16)27-21-6-2-4-17-5-3-13-26-23(17)21/h2-14,24H,1H3. The molecule has 1 heterocycles.